The molecule has 1 N–H and O–H groups in total. The maximum Gasteiger partial charge on any atom is 0.371 e. The Morgan fingerprint density at radius 1 is 1.38 bits per heavy atom. The Hall–Kier alpha value is -2.89. The fourth-order valence-electron chi connectivity index (χ4n) is 2.23. The Labute approximate surface area is 119 Å². The number of rotatable bonds is 3. The van der Waals surface area contributed by atoms with E-state index in [4.69, 9.17) is 9.52 Å². The van der Waals surface area contributed by atoms with E-state index in [0.717, 1.165) is 0 Å². The number of aromatic carboxylic acids is 1. The number of benzene rings is 1. The highest BCUT2D eigenvalue weighted by atomic mass is 16.4. The van der Waals surface area contributed by atoms with Crippen LogP contribution in [0, 0.1) is 6.92 Å². The fourth-order valence-corrected chi connectivity index (χ4v) is 2.23. The molecule has 0 amide bonds. The number of hydrogen-bond acceptors (Lipinski definition) is 4. The summed E-state index contributed by atoms with van der Waals surface area (Å²) in [4.78, 5) is 27.1. The summed E-state index contributed by atoms with van der Waals surface area (Å²) < 4.78 is 6.72. The molecule has 0 saturated heterocycles. The Morgan fingerprint density at radius 3 is 2.86 bits per heavy atom. The van der Waals surface area contributed by atoms with Crippen molar-refractivity contribution in [3.05, 3.63) is 64.0 Å². The summed E-state index contributed by atoms with van der Waals surface area (Å²) in [6.45, 7) is 1.92. The highest BCUT2D eigenvalue weighted by molar-refractivity contribution is 5.84. The Morgan fingerprint density at radius 2 is 2.14 bits per heavy atom. The summed E-state index contributed by atoms with van der Waals surface area (Å²) >= 11 is 0. The van der Waals surface area contributed by atoms with Gasteiger partial charge in [0.25, 0.3) is 5.56 Å². The summed E-state index contributed by atoms with van der Waals surface area (Å²) in [7, 11) is 0. The molecule has 21 heavy (non-hydrogen) atoms. The van der Waals surface area contributed by atoms with E-state index in [-0.39, 0.29) is 17.9 Å². The third kappa shape index (κ3) is 2.31. The van der Waals surface area contributed by atoms with Crippen molar-refractivity contribution >= 4 is 17.0 Å². The van der Waals surface area contributed by atoms with Gasteiger partial charge in [0.15, 0.2) is 0 Å². The zero-order chi connectivity index (χ0) is 15.0. The van der Waals surface area contributed by atoms with Crippen molar-refractivity contribution in [2.45, 2.75) is 13.5 Å². The van der Waals surface area contributed by atoms with E-state index in [0.29, 0.717) is 22.4 Å². The van der Waals surface area contributed by atoms with Gasteiger partial charge in [-0.25, -0.2) is 9.78 Å². The molecule has 3 rings (SSSR count). The van der Waals surface area contributed by atoms with E-state index < -0.39 is 5.97 Å². The van der Waals surface area contributed by atoms with Gasteiger partial charge in [0.2, 0.25) is 5.76 Å². The summed E-state index contributed by atoms with van der Waals surface area (Å²) in [6.07, 6.45) is 1.26. The van der Waals surface area contributed by atoms with Crippen molar-refractivity contribution in [3.63, 3.8) is 0 Å². The molecule has 0 atom stereocenters. The van der Waals surface area contributed by atoms with Crippen LogP contribution in [-0.4, -0.2) is 20.6 Å². The smallest absolute Gasteiger partial charge is 0.371 e. The van der Waals surface area contributed by atoms with Gasteiger partial charge in [-0.15, -0.1) is 0 Å². The lowest BCUT2D eigenvalue weighted by Gasteiger charge is -2.08. The molecule has 0 spiro atoms. The second-order valence-corrected chi connectivity index (χ2v) is 4.67. The average molecular weight is 284 g/mol. The lowest BCUT2D eigenvalue weighted by atomic mass is 10.2. The lowest BCUT2D eigenvalue weighted by Crippen LogP contribution is -2.21. The third-order valence-corrected chi connectivity index (χ3v) is 3.31. The van der Waals surface area contributed by atoms with Gasteiger partial charge in [-0.3, -0.25) is 4.79 Å². The number of aryl methyl sites for hydroxylation is 1. The summed E-state index contributed by atoms with van der Waals surface area (Å²) in [6, 6.07) is 8.73. The molecule has 0 unspecified atom stereocenters. The van der Waals surface area contributed by atoms with Crippen molar-refractivity contribution in [1.29, 1.82) is 0 Å². The second kappa shape index (κ2) is 4.90. The highest BCUT2D eigenvalue weighted by Gasteiger charge is 2.14. The molecule has 0 aliphatic rings. The van der Waals surface area contributed by atoms with Crippen LogP contribution in [0.15, 0.2) is 45.7 Å². The van der Waals surface area contributed by atoms with Gasteiger partial charge in [0.1, 0.15) is 5.76 Å². The molecule has 0 saturated carbocycles. The van der Waals surface area contributed by atoms with Crippen LogP contribution in [0.4, 0.5) is 0 Å². The summed E-state index contributed by atoms with van der Waals surface area (Å²) in [5.74, 6) is -0.773. The fraction of sp³-hybridized carbons (Fsp3) is 0.133. The molecule has 6 heteroatoms. The van der Waals surface area contributed by atoms with Crippen LogP contribution in [0.1, 0.15) is 21.9 Å². The molecule has 0 bridgehead atoms. The van der Waals surface area contributed by atoms with Gasteiger partial charge >= 0.3 is 5.97 Å². The molecule has 0 aliphatic heterocycles. The number of fused-ring (bicyclic) bond motifs is 1. The quantitative estimate of drug-likeness (QED) is 0.795. The van der Waals surface area contributed by atoms with E-state index >= 15 is 0 Å². The first-order chi connectivity index (χ1) is 10.1. The van der Waals surface area contributed by atoms with Crippen molar-refractivity contribution < 1.29 is 14.3 Å². The van der Waals surface area contributed by atoms with E-state index in [1.165, 1.54) is 12.3 Å². The standard InChI is InChI=1S/C15H12N2O4/c1-9-10(6-13(21-9)15(19)20)8-17-12-5-3-2-4-11(12)16-7-14(17)18/h2-7H,8H2,1H3,(H,19,20). The molecule has 6 nitrogen and oxygen atoms in total. The van der Waals surface area contributed by atoms with Crippen LogP contribution in [0.5, 0.6) is 0 Å². The summed E-state index contributed by atoms with van der Waals surface area (Å²) in [5.41, 5.74) is 1.82. The topological polar surface area (TPSA) is 85.3 Å². The Kier molecular flexibility index (Phi) is 3.06. The number of furan rings is 1. The largest absolute Gasteiger partial charge is 0.475 e. The van der Waals surface area contributed by atoms with Crippen molar-refractivity contribution in [3.8, 4) is 0 Å². The van der Waals surface area contributed by atoms with Crippen molar-refractivity contribution in [1.82, 2.24) is 9.55 Å². The van der Waals surface area contributed by atoms with Crippen LogP contribution in [0.3, 0.4) is 0 Å². The van der Waals surface area contributed by atoms with Gasteiger partial charge in [0, 0.05) is 5.56 Å². The number of carbonyl (C=O) groups is 1. The molecule has 0 fully saturated rings. The van der Waals surface area contributed by atoms with Crippen molar-refractivity contribution in [2.24, 2.45) is 0 Å². The number of nitrogens with zero attached hydrogens (tertiary/aromatic N) is 2. The predicted molar refractivity (Wildman–Crippen MR) is 75.5 cm³/mol. The molecule has 2 aromatic heterocycles. The van der Waals surface area contributed by atoms with E-state index in [1.807, 2.05) is 18.2 Å². The minimum Gasteiger partial charge on any atom is -0.475 e. The monoisotopic (exact) mass is 284 g/mol. The zero-order valence-corrected chi connectivity index (χ0v) is 11.2. The Bertz CT molecular complexity index is 892. The van der Waals surface area contributed by atoms with Crippen LogP contribution in [-0.2, 0) is 6.54 Å². The van der Waals surface area contributed by atoms with Gasteiger partial charge in [-0.1, -0.05) is 12.1 Å². The highest BCUT2D eigenvalue weighted by Crippen LogP contribution is 2.17. The first kappa shape index (κ1) is 13.1. The van der Waals surface area contributed by atoms with Gasteiger partial charge in [0.05, 0.1) is 23.8 Å². The minimum absolute atomic E-state index is 0.131. The van der Waals surface area contributed by atoms with Crippen LogP contribution in [0.25, 0.3) is 11.0 Å². The number of carboxylic acids is 1. The first-order valence-corrected chi connectivity index (χ1v) is 6.33. The van der Waals surface area contributed by atoms with E-state index in [9.17, 15) is 9.59 Å². The molecule has 106 valence electrons. The van der Waals surface area contributed by atoms with Crippen LogP contribution < -0.4 is 5.56 Å². The Balaban J connectivity index is 2.12. The summed E-state index contributed by atoms with van der Waals surface area (Å²) in [5, 5.41) is 8.94. The SMILES string of the molecule is Cc1oc(C(=O)O)cc1Cn1c(=O)cnc2ccccc21. The zero-order valence-electron chi connectivity index (χ0n) is 11.2. The number of hydrogen-bond donors (Lipinski definition) is 1. The lowest BCUT2D eigenvalue weighted by molar-refractivity contribution is 0.0661. The number of carboxylic acid groups (broad SMARTS) is 1. The first-order valence-electron chi connectivity index (χ1n) is 6.33. The number of aromatic nitrogens is 2. The second-order valence-electron chi connectivity index (χ2n) is 4.67. The molecule has 0 radical (unpaired) electrons. The molecule has 2 heterocycles. The molecule has 3 aromatic rings. The third-order valence-electron chi connectivity index (χ3n) is 3.31. The normalized spacial score (nSPS) is 10.9. The minimum atomic E-state index is -1.13. The van der Waals surface area contributed by atoms with Gasteiger partial charge in [-0.2, -0.15) is 0 Å². The molecular formula is C15H12N2O4. The van der Waals surface area contributed by atoms with E-state index in [2.05, 4.69) is 4.98 Å². The average Bonchev–Trinajstić information content (AvgIpc) is 2.84. The number of para-hydroxylation sites is 2. The maximum absolute atomic E-state index is 12.0. The van der Waals surface area contributed by atoms with E-state index in [1.54, 1.807) is 17.6 Å². The predicted octanol–water partition coefficient (Wildman–Crippen LogP) is 2.04. The molecule has 0 aliphatic carbocycles. The maximum atomic E-state index is 12.0. The van der Waals surface area contributed by atoms with Gasteiger partial charge < -0.3 is 14.1 Å². The van der Waals surface area contributed by atoms with Crippen LogP contribution >= 0.6 is 0 Å². The van der Waals surface area contributed by atoms with Gasteiger partial charge in [-0.05, 0) is 25.1 Å². The van der Waals surface area contributed by atoms with Crippen molar-refractivity contribution in [2.75, 3.05) is 0 Å². The molecule has 1 aromatic carbocycles. The van der Waals surface area contributed by atoms with Crippen LogP contribution in [0.2, 0.25) is 0 Å². The molecular weight excluding hydrogens is 272 g/mol.